The van der Waals surface area contributed by atoms with Gasteiger partial charge in [0.15, 0.2) is 0 Å². The maximum Gasteiger partial charge on any atom is 0.231 e. The Balaban J connectivity index is 1.44. The molecule has 0 unspecified atom stereocenters. The van der Waals surface area contributed by atoms with Gasteiger partial charge >= 0.3 is 0 Å². The number of anilines is 1. The summed E-state index contributed by atoms with van der Waals surface area (Å²) in [5, 5.41) is 12.3. The first-order valence-electron chi connectivity index (χ1n) is 7.78. The molecular weight excluding hydrogens is 358 g/mol. The minimum Gasteiger partial charge on any atom is -0.492 e. The Morgan fingerprint density at radius 3 is 2.84 bits per heavy atom. The topological polar surface area (TPSA) is 64.1 Å². The minimum absolute atomic E-state index is 0.0608. The van der Waals surface area contributed by atoms with Crippen LogP contribution in [-0.2, 0) is 11.2 Å². The van der Waals surface area contributed by atoms with Crippen molar-refractivity contribution in [2.24, 2.45) is 5.92 Å². The second kappa shape index (κ2) is 6.82. The zero-order valence-corrected chi connectivity index (χ0v) is 14.7. The van der Waals surface area contributed by atoms with Gasteiger partial charge < -0.3 is 10.1 Å². The number of halogens is 1. The average Bonchev–Trinajstić information content (AvgIpc) is 3.16. The molecule has 1 N–H and O–H groups in total. The molecule has 0 radical (unpaired) electrons. The van der Waals surface area contributed by atoms with Gasteiger partial charge in [0.1, 0.15) is 22.9 Å². The molecule has 0 saturated heterocycles. The first-order chi connectivity index (χ1) is 12.2. The van der Waals surface area contributed by atoms with Crippen LogP contribution < -0.4 is 10.1 Å². The predicted octanol–water partition coefficient (Wildman–Crippen LogP) is 4.05. The van der Waals surface area contributed by atoms with E-state index in [9.17, 15) is 4.79 Å². The first-order valence-corrected chi connectivity index (χ1v) is 9.03. The molecule has 2 aromatic carbocycles. The number of rotatable bonds is 3. The van der Waals surface area contributed by atoms with Gasteiger partial charge in [-0.25, -0.2) is 0 Å². The fourth-order valence-electron chi connectivity index (χ4n) is 2.77. The summed E-state index contributed by atoms with van der Waals surface area (Å²) in [6.45, 7) is 0.364. The van der Waals surface area contributed by atoms with E-state index < -0.39 is 0 Å². The minimum atomic E-state index is -0.242. The van der Waals surface area contributed by atoms with Crippen molar-refractivity contribution in [1.82, 2.24) is 10.2 Å². The van der Waals surface area contributed by atoms with E-state index in [2.05, 4.69) is 15.5 Å². The van der Waals surface area contributed by atoms with Gasteiger partial charge in [-0.05, 0) is 54.4 Å². The van der Waals surface area contributed by atoms with Gasteiger partial charge in [-0.1, -0.05) is 22.9 Å². The Morgan fingerprint density at radius 2 is 2.08 bits per heavy atom. The summed E-state index contributed by atoms with van der Waals surface area (Å²) < 4.78 is 5.68. The van der Waals surface area contributed by atoms with Crippen molar-refractivity contribution in [3.05, 3.63) is 58.6 Å². The number of aromatic nitrogens is 2. The van der Waals surface area contributed by atoms with Crippen LogP contribution in [0.3, 0.4) is 0 Å². The summed E-state index contributed by atoms with van der Waals surface area (Å²) >= 11 is 7.50. The number of hydrogen-bond acceptors (Lipinski definition) is 5. The number of amides is 1. The number of benzene rings is 2. The Labute approximate surface area is 153 Å². The zero-order valence-electron chi connectivity index (χ0n) is 13.1. The summed E-state index contributed by atoms with van der Waals surface area (Å²) in [6, 6.07) is 13.1. The van der Waals surface area contributed by atoms with E-state index in [0.717, 1.165) is 27.6 Å². The van der Waals surface area contributed by atoms with E-state index in [1.807, 2.05) is 36.4 Å². The third kappa shape index (κ3) is 3.50. The standard InChI is InChI=1S/C18H14ClN3O2S/c19-14-3-6-16-12(8-14)7-13(9-24-16)17(23)21-15-4-1-11(2-5-15)18-22-20-10-25-18/h1-6,8,10,13H,7,9H2,(H,21,23)/t13-/m1/s1. The van der Waals surface area contributed by atoms with Crippen molar-refractivity contribution in [3.8, 4) is 16.3 Å². The van der Waals surface area contributed by atoms with E-state index in [4.69, 9.17) is 16.3 Å². The molecule has 1 aromatic heterocycles. The molecule has 25 heavy (non-hydrogen) atoms. The van der Waals surface area contributed by atoms with Gasteiger partial charge in [0.05, 0.1) is 5.92 Å². The Morgan fingerprint density at radius 1 is 1.24 bits per heavy atom. The van der Waals surface area contributed by atoms with E-state index in [-0.39, 0.29) is 11.8 Å². The van der Waals surface area contributed by atoms with Crippen LogP contribution in [-0.4, -0.2) is 22.7 Å². The van der Waals surface area contributed by atoms with Crippen LogP contribution in [0, 0.1) is 5.92 Å². The molecular formula is C18H14ClN3O2S. The van der Waals surface area contributed by atoms with Crippen LogP contribution in [0.4, 0.5) is 5.69 Å². The summed E-state index contributed by atoms with van der Waals surface area (Å²) in [5.41, 5.74) is 4.38. The molecule has 1 aliphatic heterocycles. The highest BCUT2D eigenvalue weighted by Gasteiger charge is 2.26. The largest absolute Gasteiger partial charge is 0.492 e. The molecule has 1 amide bonds. The smallest absolute Gasteiger partial charge is 0.231 e. The normalized spacial score (nSPS) is 16.0. The average molecular weight is 372 g/mol. The zero-order chi connectivity index (χ0) is 17.2. The summed E-state index contributed by atoms with van der Waals surface area (Å²) in [5.74, 6) is 0.498. The SMILES string of the molecule is O=C(Nc1ccc(-c2nncs2)cc1)[C@H]1COc2ccc(Cl)cc2C1. The van der Waals surface area contributed by atoms with Crippen LogP contribution in [0.1, 0.15) is 5.56 Å². The second-order valence-electron chi connectivity index (χ2n) is 5.77. The number of hydrogen-bond donors (Lipinski definition) is 1. The number of fused-ring (bicyclic) bond motifs is 1. The Kier molecular flexibility index (Phi) is 4.38. The molecule has 0 saturated carbocycles. The lowest BCUT2D eigenvalue weighted by Gasteiger charge is -2.24. The Bertz CT molecular complexity index is 897. The molecule has 2 heterocycles. The third-order valence-electron chi connectivity index (χ3n) is 4.06. The fourth-order valence-corrected chi connectivity index (χ4v) is 3.53. The molecule has 0 spiro atoms. The lowest BCUT2D eigenvalue weighted by molar-refractivity contribution is -0.121. The van der Waals surface area contributed by atoms with Crippen molar-refractivity contribution in [1.29, 1.82) is 0 Å². The highest BCUT2D eigenvalue weighted by molar-refractivity contribution is 7.12. The molecule has 3 aromatic rings. The molecule has 0 bridgehead atoms. The molecule has 1 aliphatic rings. The lowest BCUT2D eigenvalue weighted by Crippen LogP contribution is -2.32. The number of carbonyl (C=O) groups excluding carboxylic acids is 1. The lowest BCUT2D eigenvalue weighted by atomic mass is 9.96. The number of ether oxygens (including phenoxy) is 1. The molecule has 5 nitrogen and oxygen atoms in total. The van der Waals surface area contributed by atoms with Crippen LogP contribution in [0.5, 0.6) is 5.75 Å². The number of nitrogens with zero attached hydrogens (tertiary/aromatic N) is 2. The monoisotopic (exact) mass is 371 g/mol. The van der Waals surface area contributed by atoms with E-state index in [1.54, 1.807) is 11.6 Å². The van der Waals surface area contributed by atoms with Gasteiger partial charge in [0.2, 0.25) is 5.91 Å². The maximum atomic E-state index is 12.5. The Hall–Kier alpha value is -2.44. The number of nitrogens with one attached hydrogen (secondary N) is 1. The first kappa shape index (κ1) is 16.1. The highest BCUT2D eigenvalue weighted by atomic mass is 35.5. The molecule has 0 fully saturated rings. The van der Waals surface area contributed by atoms with Crippen molar-refractivity contribution < 1.29 is 9.53 Å². The predicted molar refractivity (Wildman–Crippen MR) is 98.1 cm³/mol. The summed E-state index contributed by atoms with van der Waals surface area (Å²) in [4.78, 5) is 12.5. The van der Waals surface area contributed by atoms with E-state index in [1.165, 1.54) is 11.3 Å². The van der Waals surface area contributed by atoms with Crippen LogP contribution >= 0.6 is 22.9 Å². The fraction of sp³-hybridized carbons (Fsp3) is 0.167. The van der Waals surface area contributed by atoms with Crippen molar-refractivity contribution in [2.45, 2.75) is 6.42 Å². The maximum absolute atomic E-state index is 12.5. The second-order valence-corrected chi connectivity index (χ2v) is 7.04. The van der Waals surface area contributed by atoms with Gasteiger partial charge in [-0.2, -0.15) is 0 Å². The van der Waals surface area contributed by atoms with E-state index >= 15 is 0 Å². The third-order valence-corrected chi connectivity index (χ3v) is 5.03. The van der Waals surface area contributed by atoms with Crippen LogP contribution in [0.2, 0.25) is 5.02 Å². The van der Waals surface area contributed by atoms with Gasteiger partial charge in [0.25, 0.3) is 0 Å². The number of carbonyl (C=O) groups is 1. The van der Waals surface area contributed by atoms with Crippen LogP contribution in [0.25, 0.3) is 10.6 Å². The van der Waals surface area contributed by atoms with Gasteiger partial charge in [0, 0.05) is 16.3 Å². The van der Waals surface area contributed by atoms with Gasteiger partial charge in [-0.15, -0.1) is 10.2 Å². The molecule has 1 atom stereocenters. The van der Waals surface area contributed by atoms with Gasteiger partial charge in [-0.3, -0.25) is 4.79 Å². The summed E-state index contributed by atoms with van der Waals surface area (Å²) in [6.07, 6.45) is 0.616. The van der Waals surface area contributed by atoms with E-state index in [0.29, 0.717) is 18.1 Å². The van der Waals surface area contributed by atoms with Crippen molar-refractivity contribution in [2.75, 3.05) is 11.9 Å². The molecule has 126 valence electrons. The quantitative estimate of drug-likeness (QED) is 0.754. The summed E-state index contributed by atoms with van der Waals surface area (Å²) in [7, 11) is 0. The molecule has 7 heteroatoms. The molecule has 0 aliphatic carbocycles. The van der Waals surface area contributed by atoms with Crippen molar-refractivity contribution in [3.63, 3.8) is 0 Å². The highest BCUT2D eigenvalue weighted by Crippen LogP contribution is 2.30. The van der Waals surface area contributed by atoms with Crippen molar-refractivity contribution >= 4 is 34.5 Å². The molecule has 4 rings (SSSR count). The van der Waals surface area contributed by atoms with Crippen LogP contribution in [0.15, 0.2) is 48.0 Å².